The predicted molar refractivity (Wildman–Crippen MR) is 67.6 cm³/mol. The highest BCUT2D eigenvalue weighted by Crippen LogP contribution is 2.21. The van der Waals surface area contributed by atoms with Gasteiger partial charge in [0.25, 0.3) is 0 Å². The Morgan fingerprint density at radius 1 is 1.22 bits per heavy atom. The fraction of sp³-hybridized carbons (Fsp3) is 0.0833. The number of hydrogen-bond acceptors (Lipinski definition) is 5. The van der Waals surface area contributed by atoms with E-state index in [1.165, 1.54) is 0 Å². The Hall–Kier alpha value is -2.63. The summed E-state index contributed by atoms with van der Waals surface area (Å²) in [7, 11) is 1.55. The summed E-state index contributed by atoms with van der Waals surface area (Å²) in [5.41, 5.74) is 8.19. The summed E-state index contributed by atoms with van der Waals surface area (Å²) >= 11 is 0. The van der Waals surface area contributed by atoms with E-state index in [2.05, 4.69) is 15.3 Å². The standard InChI is InChI=1S/C12H11N5O/c1-18-12-5-10(7-14-16-12)17-11-4-9(13)3-2-8(11)6-15-17/h2-7H,13H2,1H3. The van der Waals surface area contributed by atoms with Gasteiger partial charge in [0, 0.05) is 17.1 Å². The van der Waals surface area contributed by atoms with E-state index in [-0.39, 0.29) is 0 Å². The van der Waals surface area contributed by atoms with Gasteiger partial charge in [0.2, 0.25) is 5.88 Å². The second-order valence-corrected chi connectivity index (χ2v) is 3.83. The van der Waals surface area contributed by atoms with E-state index in [1.807, 2.05) is 18.2 Å². The average molecular weight is 241 g/mol. The largest absolute Gasteiger partial charge is 0.480 e. The van der Waals surface area contributed by atoms with Crippen LogP contribution in [0.3, 0.4) is 0 Å². The molecule has 2 heterocycles. The van der Waals surface area contributed by atoms with Crippen molar-refractivity contribution in [3.05, 3.63) is 36.7 Å². The first-order chi connectivity index (χ1) is 8.78. The molecule has 2 aromatic heterocycles. The quantitative estimate of drug-likeness (QED) is 0.686. The zero-order valence-electron chi connectivity index (χ0n) is 9.74. The number of hydrogen-bond donors (Lipinski definition) is 1. The molecule has 0 spiro atoms. The van der Waals surface area contributed by atoms with Gasteiger partial charge in [-0.05, 0) is 18.2 Å². The van der Waals surface area contributed by atoms with Crippen molar-refractivity contribution >= 4 is 16.6 Å². The first-order valence-electron chi connectivity index (χ1n) is 5.38. The second-order valence-electron chi connectivity index (χ2n) is 3.83. The lowest BCUT2D eigenvalue weighted by atomic mass is 10.2. The Morgan fingerprint density at radius 3 is 2.94 bits per heavy atom. The van der Waals surface area contributed by atoms with Crippen LogP contribution in [0.1, 0.15) is 0 Å². The van der Waals surface area contributed by atoms with Crippen LogP contribution in [0.15, 0.2) is 36.7 Å². The predicted octanol–water partition coefficient (Wildman–Crippen LogP) is 1.41. The minimum atomic E-state index is 0.444. The van der Waals surface area contributed by atoms with Gasteiger partial charge in [-0.15, -0.1) is 5.10 Å². The number of ether oxygens (including phenoxy) is 1. The van der Waals surface area contributed by atoms with Crippen molar-refractivity contribution < 1.29 is 4.74 Å². The molecule has 2 N–H and O–H groups in total. The molecule has 0 bridgehead atoms. The van der Waals surface area contributed by atoms with Gasteiger partial charge in [0.15, 0.2) is 0 Å². The van der Waals surface area contributed by atoms with E-state index >= 15 is 0 Å². The average Bonchev–Trinajstić information content (AvgIpc) is 2.81. The van der Waals surface area contributed by atoms with E-state index in [9.17, 15) is 0 Å². The van der Waals surface area contributed by atoms with Crippen LogP contribution in [0.4, 0.5) is 5.69 Å². The molecular formula is C12H11N5O. The summed E-state index contributed by atoms with van der Waals surface area (Å²) < 4.78 is 6.80. The molecular weight excluding hydrogens is 230 g/mol. The lowest BCUT2D eigenvalue weighted by Gasteiger charge is -2.04. The maximum atomic E-state index is 5.79. The number of nitrogens with two attached hydrogens (primary N) is 1. The van der Waals surface area contributed by atoms with Crippen LogP contribution >= 0.6 is 0 Å². The van der Waals surface area contributed by atoms with E-state index < -0.39 is 0 Å². The molecule has 0 radical (unpaired) electrons. The normalized spacial score (nSPS) is 10.7. The summed E-state index contributed by atoms with van der Waals surface area (Å²) in [6.45, 7) is 0. The molecule has 0 amide bonds. The van der Waals surface area contributed by atoms with Crippen molar-refractivity contribution in [3.8, 4) is 11.6 Å². The molecule has 0 fully saturated rings. The SMILES string of the molecule is COc1cc(-n2ncc3ccc(N)cc32)cnn1. The minimum Gasteiger partial charge on any atom is -0.480 e. The minimum absolute atomic E-state index is 0.444. The van der Waals surface area contributed by atoms with Gasteiger partial charge in [-0.1, -0.05) is 0 Å². The molecule has 0 aliphatic rings. The molecule has 3 aromatic rings. The number of rotatable bonds is 2. The van der Waals surface area contributed by atoms with Gasteiger partial charge >= 0.3 is 0 Å². The highest BCUT2D eigenvalue weighted by Gasteiger charge is 2.07. The smallest absolute Gasteiger partial charge is 0.235 e. The molecule has 0 saturated heterocycles. The lowest BCUT2D eigenvalue weighted by molar-refractivity contribution is 0.391. The van der Waals surface area contributed by atoms with E-state index in [1.54, 1.807) is 30.3 Å². The Morgan fingerprint density at radius 2 is 2.11 bits per heavy atom. The summed E-state index contributed by atoms with van der Waals surface area (Å²) in [4.78, 5) is 0. The van der Waals surface area contributed by atoms with Crippen LogP contribution in [0.25, 0.3) is 16.6 Å². The third-order valence-corrected chi connectivity index (χ3v) is 2.67. The van der Waals surface area contributed by atoms with Crippen LogP contribution in [-0.4, -0.2) is 27.1 Å². The van der Waals surface area contributed by atoms with Gasteiger partial charge in [0.1, 0.15) is 0 Å². The summed E-state index contributed by atoms with van der Waals surface area (Å²) in [5.74, 6) is 0.444. The molecule has 0 unspecified atom stereocenters. The van der Waals surface area contributed by atoms with Crippen molar-refractivity contribution in [2.45, 2.75) is 0 Å². The van der Waals surface area contributed by atoms with Gasteiger partial charge < -0.3 is 10.5 Å². The molecule has 0 aliphatic carbocycles. The lowest BCUT2D eigenvalue weighted by Crippen LogP contribution is -1.99. The van der Waals surface area contributed by atoms with Gasteiger partial charge in [0.05, 0.1) is 30.7 Å². The topological polar surface area (TPSA) is 78.9 Å². The summed E-state index contributed by atoms with van der Waals surface area (Å²) in [5, 5.41) is 13.0. The fourth-order valence-electron chi connectivity index (χ4n) is 1.79. The molecule has 3 rings (SSSR count). The van der Waals surface area contributed by atoms with Crippen molar-refractivity contribution in [2.24, 2.45) is 0 Å². The number of nitrogen functional groups attached to an aromatic ring is 1. The molecule has 90 valence electrons. The van der Waals surface area contributed by atoms with Crippen LogP contribution < -0.4 is 10.5 Å². The number of benzene rings is 1. The Bertz CT molecular complexity index is 707. The fourth-order valence-corrected chi connectivity index (χ4v) is 1.79. The first kappa shape index (κ1) is 10.5. The highest BCUT2D eigenvalue weighted by molar-refractivity contribution is 5.83. The number of anilines is 1. The van der Waals surface area contributed by atoms with Gasteiger partial charge in [-0.3, -0.25) is 0 Å². The van der Waals surface area contributed by atoms with Crippen LogP contribution in [0, 0.1) is 0 Å². The van der Waals surface area contributed by atoms with Gasteiger partial charge in [-0.25, -0.2) is 4.68 Å². The molecule has 6 nitrogen and oxygen atoms in total. The van der Waals surface area contributed by atoms with Gasteiger partial charge in [-0.2, -0.15) is 10.2 Å². The molecule has 0 atom stereocenters. The Balaban J connectivity index is 2.21. The summed E-state index contributed by atoms with van der Waals surface area (Å²) in [6, 6.07) is 7.41. The van der Waals surface area contributed by atoms with E-state index in [0.29, 0.717) is 11.6 Å². The molecule has 1 aromatic carbocycles. The first-order valence-corrected chi connectivity index (χ1v) is 5.38. The number of nitrogens with zero attached hydrogens (tertiary/aromatic N) is 4. The molecule has 18 heavy (non-hydrogen) atoms. The third-order valence-electron chi connectivity index (χ3n) is 2.67. The molecule has 0 saturated carbocycles. The Kier molecular flexibility index (Phi) is 2.33. The maximum Gasteiger partial charge on any atom is 0.235 e. The van der Waals surface area contributed by atoms with E-state index in [4.69, 9.17) is 10.5 Å². The number of aromatic nitrogens is 4. The van der Waals surface area contributed by atoms with Crippen molar-refractivity contribution in [1.82, 2.24) is 20.0 Å². The zero-order chi connectivity index (χ0) is 12.5. The molecule has 6 heteroatoms. The highest BCUT2D eigenvalue weighted by atomic mass is 16.5. The number of methoxy groups -OCH3 is 1. The van der Waals surface area contributed by atoms with Crippen LogP contribution in [-0.2, 0) is 0 Å². The molecule has 0 aliphatic heterocycles. The monoisotopic (exact) mass is 241 g/mol. The van der Waals surface area contributed by atoms with Crippen molar-refractivity contribution in [1.29, 1.82) is 0 Å². The van der Waals surface area contributed by atoms with Crippen molar-refractivity contribution in [2.75, 3.05) is 12.8 Å². The maximum absolute atomic E-state index is 5.79. The van der Waals surface area contributed by atoms with Crippen LogP contribution in [0.2, 0.25) is 0 Å². The third kappa shape index (κ3) is 1.64. The number of fused-ring (bicyclic) bond motifs is 1. The summed E-state index contributed by atoms with van der Waals surface area (Å²) in [6.07, 6.45) is 3.40. The second kappa shape index (κ2) is 3.99. The van der Waals surface area contributed by atoms with Crippen LogP contribution in [0.5, 0.6) is 5.88 Å². The zero-order valence-corrected chi connectivity index (χ0v) is 9.74. The van der Waals surface area contributed by atoms with Crippen molar-refractivity contribution in [3.63, 3.8) is 0 Å². The Labute approximate surface area is 103 Å². The van der Waals surface area contributed by atoms with E-state index in [0.717, 1.165) is 16.6 Å².